The van der Waals surface area contributed by atoms with Gasteiger partial charge in [0.05, 0.1) is 23.4 Å². The van der Waals surface area contributed by atoms with E-state index in [1.54, 1.807) is 19.2 Å². The minimum absolute atomic E-state index is 0.0363. The molecule has 0 aliphatic heterocycles. The molecule has 5 nitrogen and oxygen atoms in total. The Kier molecular flexibility index (Phi) is 4.27. The van der Waals surface area contributed by atoms with Gasteiger partial charge in [-0.1, -0.05) is 11.6 Å². The molecule has 1 aromatic carbocycles. The number of hydrogen-bond acceptors (Lipinski definition) is 4. The molecule has 0 bridgehead atoms. The summed E-state index contributed by atoms with van der Waals surface area (Å²) in [4.78, 5) is 3.92. The van der Waals surface area contributed by atoms with Gasteiger partial charge in [0.2, 0.25) is 0 Å². The molecule has 0 amide bonds. The number of aromatic nitrogens is 1. The van der Waals surface area contributed by atoms with E-state index in [0.29, 0.717) is 16.3 Å². The van der Waals surface area contributed by atoms with E-state index in [1.807, 2.05) is 0 Å². The molecule has 0 aliphatic rings. The van der Waals surface area contributed by atoms with Crippen LogP contribution in [0.3, 0.4) is 0 Å². The number of pyridine rings is 1. The van der Waals surface area contributed by atoms with Crippen LogP contribution in [0.25, 0.3) is 0 Å². The lowest BCUT2D eigenvalue weighted by molar-refractivity contribution is 0.281. The van der Waals surface area contributed by atoms with Crippen LogP contribution in [-0.2, 0) is 16.6 Å². The van der Waals surface area contributed by atoms with Crippen molar-refractivity contribution in [1.29, 1.82) is 0 Å². The van der Waals surface area contributed by atoms with Gasteiger partial charge in [0.25, 0.3) is 10.0 Å². The molecule has 2 aromatic rings. The van der Waals surface area contributed by atoms with Crippen LogP contribution < -0.4 is 4.72 Å². The molecule has 0 aliphatic carbocycles. The lowest BCUT2D eigenvalue weighted by Crippen LogP contribution is -2.14. The Bertz CT molecular complexity index is 732. The highest BCUT2D eigenvalue weighted by Gasteiger charge is 2.16. The zero-order chi connectivity index (χ0) is 14.8. The number of aliphatic hydroxyl groups excluding tert-OH is 1. The van der Waals surface area contributed by atoms with Crippen molar-refractivity contribution in [3.63, 3.8) is 0 Å². The molecule has 106 valence electrons. The molecule has 2 N–H and O–H groups in total. The lowest BCUT2D eigenvalue weighted by Gasteiger charge is -2.11. The Balaban J connectivity index is 2.38. The minimum Gasteiger partial charge on any atom is -0.392 e. The Morgan fingerprint density at radius 1 is 1.35 bits per heavy atom. The van der Waals surface area contributed by atoms with Crippen molar-refractivity contribution in [3.05, 3.63) is 52.8 Å². The SMILES string of the molecule is Cc1ccncc1NS(=O)(=O)c1ccc(Cl)c(CO)c1. The van der Waals surface area contributed by atoms with Gasteiger partial charge in [0.1, 0.15) is 0 Å². The van der Waals surface area contributed by atoms with E-state index in [2.05, 4.69) is 9.71 Å². The van der Waals surface area contributed by atoms with Crippen molar-refractivity contribution < 1.29 is 13.5 Å². The van der Waals surface area contributed by atoms with E-state index in [4.69, 9.17) is 16.7 Å². The molecule has 20 heavy (non-hydrogen) atoms. The lowest BCUT2D eigenvalue weighted by atomic mass is 10.2. The van der Waals surface area contributed by atoms with Crippen LogP contribution in [0.2, 0.25) is 5.02 Å². The Morgan fingerprint density at radius 3 is 2.75 bits per heavy atom. The number of benzene rings is 1. The summed E-state index contributed by atoms with van der Waals surface area (Å²) in [6, 6.07) is 5.88. The van der Waals surface area contributed by atoms with Gasteiger partial charge in [-0.2, -0.15) is 0 Å². The first-order valence-electron chi connectivity index (χ1n) is 5.77. The summed E-state index contributed by atoms with van der Waals surface area (Å²) in [5.41, 5.74) is 1.53. The quantitative estimate of drug-likeness (QED) is 0.908. The molecule has 0 fully saturated rings. The molecule has 1 heterocycles. The second-order valence-electron chi connectivity index (χ2n) is 4.21. The molecular formula is C13H13ClN2O3S. The molecule has 0 unspecified atom stereocenters. The summed E-state index contributed by atoms with van der Waals surface area (Å²) in [5.74, 6) is 0. The molecule has 0 atom stereocenters. The maximum Gasteiger partial charge on any atom is 0.261 e. The second kappa shape index (κ2) is 5.78. The number of sulfonamides is 1. The van der Waals surface area contributed by atoms with Crippen LogP contribution >= 0.6 is 11.6 Å². The fourth-order valence-corrected chi connectivity index (χ4v) is 2.96. The highest BCUT2D eigenvalue weighted by atomic mass is 35.5. The average Bonchev–Trinajstić information content (AvgIpc) is 2.41. The van der Waals surface area contributed by atoms with Crippen molar-refractivity contribution in [2.75, 3.05) is 4.72 Å². The zero-order valence-corrected chi connectivity index (χ0v) is 12.2. The van der Waals surface area contributed by atoms with E-state index in [9.17, 15) is 8.42 Å². The van der Waals surface area contributed by atoms with Gasteiger partial charge in [-0.05, 0) is 42.3 Å². The number of hydrogen-bond donors (Lipinski definition) is 2. The Hall–Kier alpha value is -1.63. The van der Waals surface area contributed by atoms with Gasteiger partial charge in [0.15, 0.2) is 0 Å². The molecule has 2 rings (SSSR count). The molecule has 1 aromatic heterocycles. The summed E-state index contributed by atoms with van der Waals surface area (Å²) >= 11 is 5.85. The first kappa shape index (κ1) is 14.8. The smallest absolute Gasteiger partial charge is 0.261 e. The monoisotopic (exact) mass is 312 g/mol. The molecule has 0 spiro atoms. The zero-order valence-electron chi connectivity index (χ0n) is 10.7. The third-order valence-electron chi connectivity index (χ3n) is 2.78. The standard InChI is InChI=1S/C13H13ClN2O3S/c1-9-4-5-15-7-13(9)16-20(18,19)11-2-3-12(14)10(6-11)8-17/h2-7,16-17H,8H2,1H3. The topological polar surface area (TPSA) is 79.3 Å². The van der Waals surface area contributed by atoms with Crippen LogP contribution in [-0.4, -0.2) is 18.5 Å². The fourth-order valence-electron chi connectivity index (χ4n) is 1.61. The predicted octanol–water partition coefficient (Wildman–Crippen LogP) is 2.34. The van der Waals surface area contributed by atoms with Crippen LogP contribution in [0.5, 0.6) is 0 Å². The summed E-state index contributed by atoms with van der Waals surface area (Å²) in [7, 11) is -3.74. The van der Waals surface area contributed by atoms with Crippen LogP contribution in [0.15, 0.2) is 41.6 Å². The number of halogens is 1. The first-order chi connectivity index (χ1) is 9.44. The van der Waals surface area contributed by atoms with Crippen LogP contribution in [0.1, 0.15) is 11.1 Å². The van der Waals surface area contributed by atoms with Gasteiger partial charge in [0, 0.05) is 11.2 Å². The number of nitrogens with zero attached hydrogens (tertiary/aromatic N) is 1. The van der Waals surface area contributed by atoms with Crippen LogP contribution in [0.4, 0.5) is 5.69 Å². The molecule has 0 radical (unpaired) electrons. The summed E-state index contributed by atoms with van der Waals surface area (Å²) in [5, 5.41) is 9.46. The fraction of sp³-hybridized carbons (Fsp3) is 0.154. The third-order valence-corrected chi connectivity index (χ3v) is 4.51. The average molecular weight is 313 g/mol. The molecule has 7 heteroatoms. The second-order valence-corrected chi connectivity index (χ2v) is 6.30. The number of aryl methyl sites for hydroxylation is 1. The van der Waals surface area contributed by atoms with Gasteiger partial charge in [-0.15, -0.1) is 0 Å². The van der Waals surface area contributed by atoms with Crippen molar-refractivity contribution in [1.82, 2.24) is 4.98 Å². The van der Waals surface area contributed by atoms with Gasteiger partial charge >= 0.3 is 0 Å². The summed E-state index contributed by atoms with van der Waals surface area (Å²) < 4.78 is 27.0. The summed E-state index contributed by atoms with van der Waals surface area (Å²) in [6.07, 6.45) is 3.02. The van der Waals surface area contributed by atoms with E-state index in [1.165, 1.54) is 24.4 Å². The van der Waals surface area contributed by atoms with Gasteiger partial charge < -0.3 is 5.11 Å². The van der Waals surface area contributed by atoms with E-state index in [0.717, 1.165) is 5.56 Å². The maximum atomic E-state index is 12.3. The molecule has 0 saturated carbocycles. The minimum atomic E-state index is -3.74. The number of aliphatic hydroxyl groups is 1. The van der Waals surface area contributed by atoms with E-state index >= 15 is 0 Å². The van der Waals surface area contributed by atoms with Crippen molar-refractivity contribution in [2.45, 2.75) is 18.4 Å². The molecular weight excluding hydrogens is 300 g/mol. The Labute approximate surface area is 122 Å². The van der Waals surface area contributed by atoms with Gasteiger partial charge in [-0.3, -0.25) is 9.71 Å². The van der Waals surface area contributed by atoms with Crippen molar-refractivity contribution in [3.8, 4) is 0 Å². The summed E-state index contributed by atoms with van der Waals surface area (Å²) in [6.45, 7) is 1.45. The highest BCUT2D eigenvalue weighted by Crippen LogP contribution is 2.23. The highest BCUT2D eigenvalue weighted by molar-refractivity contribution is 7.92. The number of rotatable bonds is 4. The normalized spacial score (nSPS) is 11.3. The van der Waals surface area contributed by atoms with E-state index < -0.39 is 10.0 Å². The van der Waals surface area contributed by atoms with E-state index in [-0.39, 0.29) is 11.5 Å². The van der Waals surface area contributed by atoms with Crippen LogP contribution in [0, 0.1) is 6.92 Å². The number of nitrogens with one attached hydrogen (secondary N) is 1. The number of anilines is 1. The van der Waals surface area contributed by atoms with Crippen molar-refractivity contribution in [2.24, 2.45) is 0 Å². The largest absolute Gasteiger partial charge is 0.392 e. The molecule has 0 saturated heterocycles. The predicted molar refractivity (Wildman–Crippen MR) is 77.2 cm³/mol. The maximum absolute atomic E-state index is 12.3. The third kappa shape index (κ3) is 3.09. The Morgan fingerprint density at radius 2 is 2.10 bits per heavy atom. The first-order valence-corrected chi connectivity index (χ1v) is 7.63. The van der Waals surface area contributed by atoms with Crippen molar-refractivity contribution >= 4 is 27.3 Å². The van der Waals surface area contributed by atoms with Gasteiger partial charge in [-0.25, -0.2) is 8.42 Å².